The van der Waals surface area contributed by atoms with Gasteiger partial charge in [-0.2, -0.15) is 0 Å². The van der Waals surface area contributed by atoms with Gasteiger partial charge in [-0.1, -0.05) is 24.6 Å². The topological polar surface area (TPSA) is 55.8 Å². The Morgan fingerprint density at radius 1 is 1.43 bits per heavy atom. The van der Waals surface area contributed by atoms with Gasteiger partial charge < -0.3 is 14.4 Å². The Hall–Kier alpha value is -1.62. The third-order valence-corrected chi connectivity index (χ3v) is 7.28. The van der Waals surface area contributed by atoms with Crippen LogP contribution in [0.15, 0.2) is 23.3 Å². The zero-order chi connectivity index (χ0) is 19.9. The molecule has 0 spiro atoms. The zero-order valence-corrected chi connectivity index (χ0v) is 17.4. The van der Waals surface area contributed by atoms with Crippen molar-refractivity contribution in [3.8, 4) is 0 Å². The molecule has 5 heteroatoms. The van der Waals surface area contributed by atoms with E-state index in [0.29, 0.717) is 19.7 Å². The highest BCUT2D eigenvalue weighted by Crippen LogP contribution is 2.52. The van der Waals surface area contributed by atoms with Crippen LogP contribution in [0.25, 0.3) is 0 Å². The lowest BCUT2D eigenvalue weighted by Crippen LogP contribution is -2.44. The summed E-state index contributed by atoms with van der Waals surface area (Å²) in [6.07, 6.45) is 9.71. The summed E-state index contributed by atoms with van der Waals surface area (Å²) in [6, 6.07) is 0. The second kappa shape index (κ2) is 7.66. The third kappa shape index (κ3) is 3.54. The highest BCUT2D eigenvalue weighted by molar-refractivity contribution is 5.76. The molecule has 0 N–H and O–H groups in total. The minimum atomic E-state index is -0.127. The number of hydrogen-bond donors (Lipinski definition) is 0. The SMILES string of the molecule is CCOC(=O)[C@H]1CCCN(C[C@H]2C(=O)O[C@@H]3C[C@@]4(C)CCC=C(C)C4=C[C@@H]32)C1. The Morgan fingerprint density at radius 2 is 2.25 bits per heavy atom. The van der Waals surface area contributed by atoms with E-state index in [1.165, 1.54) is 11.1 Å². The molecular formula is C23H33NO4. The summed E-state index contributed by atoms with van der Waals surface area (Å²) in [5.74, 6) is -0.206. The van der Waals surface area contributed by atoms with Gasteiger partial charge >= 0.3 is 11.9 Å². The highest BCUT2D eigenvalue weighted by atomic mass is 16.6. The standard InChI is InChI=1S/C23H33NO4/c1-4-27-21(25)16-8-6-10-24(13-16)14-18-17-11-19-15(2)7-5-9-23(19,3)12-20(17)28-22(18)26/h7,11,16-18,20H,4-6,8-10,12-14H2,1-3H3/t16-,17+,18+,20+,23+/m0/s1. The van der Waals surface area contributed by atoms with Crippen LogP contribution in [0.2, 0.25) is 0 Å². The van der Waals surface area contributed by atoms with Gasteiger partial charge in [0.25, 0.3) is 0 Å². The molecule has 154 valence electrons. The molecule has 0 aromatic heterocycles. The first-order valence-corrected chi connectivity index (χ1v) is 10.9. The third-order valence-electron chi connectivity index (χ3n) is 7.28. The molecule has 5 atom stereocenters. The molecule has 5 nitrogen and oxygen atoms in total. The molecule has 0 aromatic rings. The summed E-state index contributed by atoms with van der Waals surface area (Å²) in [7, 11) is 0. The number of hydrogen-bond acceptors (Lipinski definition) is 5. The molecule has 2 aliphatic carbocycles. The molecule has 0 saturated carbocycles. The van der Waals surface area contributed by atoms with Crippen LogP contribution in [0.1, 0.15) is 52.9 Å². The first kappa shape index (κ1) is 19.7. The maximum atomic E-state index is 12.7. The predicted molar refractivity (Wildman–Crippen MR) is 106 cm³/mol. The molecule has 0 aromatic carbocycles. The fourth-order valence-corrected chi connectivity index (χ4v) is 5.79. The van der Waals surface area contributed by atoms with E-state index in [4.69, 9.17) is 9.47 Å². The van der Waals surface area contributed by atoms with Gasteiger partial charge in [0.15, 0.2) is 0 Å². The quantitative estimate of drug-likeness (QED) is 0.691. The number of likely N-dealkylation sites (tertiary alicyclic amines) is 1. The normalized spacial score (nSPS) is 38.0. The van der Waals surface area contributed by atoms with Crippen molar-refractivity contribution in [1.82, 2.24) is 4.90 Å². The van der Waals surface area contributed by atoms with Gasteiger partial charge in [-0.25, -0.2) is 0 Å². The van der Waals surface area contributed by atoms with E-state index < -0.39 is 0 Å². The molecule has 0 unspecified atom stereocenters. The number of carbonyl (C=O) groups is 2. The Labute approximate surface area is 168 Å². The number of nitrogens with zero attached hydrogens (tertiary/aromatic N) is 1. The summed E-state index contributed by atoms with van der Waals surface area (Å²) in [5.41, 5.74) is 2.92. The van der Waals surface area contributed by atoms with Crippen LogP contribution < -0.4 is 0 Å². The highest BCUT2D eigenvalue weighted by Gasteiger charge is 2.51. The number of allylic oxidation sites excluding steroid dienone is 3. The molecule has 2 saturated heterocycles. The molecule has 2 fully saturated rings. The van der Waals surface area contributed by atoms with Crippen LogP contribution in [-0.2, 0) is 19.1 Å². The molecule has 2 aliphatic heterocycles. The second-order valence-corrected chi connectivity index (χ2v) is 9.28. The Bertz CT molecular complexity index is 711. The van der Waals surface area contributed by atoms with Crippen molar-refractivity contribution >= 4 is 11.9 Å². The fraction of sp³-hybridized carbons (Fsp3) is 0.739. The minimum Gasteiger partial charge on any atom is -0.466 e. The number of esters is 2. The Balaban J connectivity index is 1.49. The lowest BCUT2D eigenvalue weighted by molar-refractivity contribution is -0.150. The van der Waals surface area contributed by atoms with Gasteiger partial charge in [0, 0.05) is 19.0 Å². The molecule has 0 amide bonds. The Kier molecular flexibility index (Phi) is 5.38. The van der Waals surface area contributed by atoms with Crippen LogP contribution in [-0.4, -0.2) is 49.2 Å². The largest absolute Gasteiger partial charge is 0.466 e. The molecule has 0 radical (unpaired) electrons. The number of fused-ring (bicyclic) bond motifs is 2. The van der Waals surface area contributed by atoms with Crippen LogP contribution >= 0.6 is 0 Å². The smallest absolute Gasteiger partial charge is 0.311 e. The summed E-state index contributed by atoms with van der Waals surface area (Å²) >= 11 is 0. The monoisotopic (exact) mass is 387 g/mol. The predicted octanol–water partition coefficient (Wildman–Crippen LogP) is 3.50. The van der Waals surface area contributed by atoms with Crippen molar-refractivity contribution in [2.24, 2.45) is 23.2 Å². The van der Waals surface area contributed by atoms with Crippen molar-refractivity contribution in [1.29, 1.82) is 0 Å². The van der Waals surface area contributed by atoms with Gasteiger partial charge in [0.05, 0.1) is 18.4 Å². The summed E-state index contributed by atoms with van der Waals surface area (Å²) < 4.78 is 11.1. The summed E-state index contributed by atoms with van der Waals surface area (Å²) in [5, 5.41) is 0. The summed E-state index contributed by atoms with van der Waals surface area (Å²) in [4.78, 5) is 27.2. The van der Waals surface area contributed by atoms with Gasteiger partial charge in [-0.05, 0) is 63.5 Å². The van der Waals surface area contributed by atoms with Gasteiger partial charge in [-0.3, -0.25) is 9.59 Å². The van der Waals surface area contributed by atoms with E-state index in [9.17, 15) is 9.59 Å². The molecular weight excluding hydrogens is 354 g/mol. The van der Waals surface area contributed by atoms with Crippen molar-refractivity contribution in [3.05, 3.63) is 23.3 Å². The van der Waals surface area contributed by atoms with E-state index in [-0.39, 0.29) is 41.2 Å². The summed E-state index contributed by atoms with van der Waals surface area (Å²) in [6.45, 7) is 9.09. The molecule has 4 aliphatic rings. The van der Waals surface area contributed by atoms with E-state index in [0.717, 1.165) is 38.6 Å². The lowest BCUT2D eigenvalue weighted by Gasteiger charge is -2.43. The van der Waals surface area contributed by atoms with E-state index in [1.807, 2.05) is 6.92 Å². The second-order valence-electron chi connectivity index (χ2n) is 9.28. The number of rotatable bonds is 4. The minimum absolute atomic E-state index is 0.00259. The van der Waals surface area contributed by atoms with Crippen LogP contribution in [0, 0.1) is 23.2 Å². The van der Waals surface area contributed by atoms with Crippen molar-refractivity contribution in [3.63, 3.8) is 0 Å². The lowest BCUT2D eigenvalue weighted by atomic mass is 9.62. The molecule has 28 heavy (non-hydrogen) atoms. The maximum Gasteiger partial charge on any atom is 0.311 e. The first-order chi connectivity index (χ1) is 13.4. The van der Waals surface area contributed by atoms with Crippen LogP contribution in [0.5, 0.6) is 0 Å². The van der Waals surface area contributed by atoms with Gasteiger partial charge in [0.2, 0.25) is 0 Å². The zero-order valence-electron chi connectivity index (χ0n) is 17.4. The number of piperidine rings is 1. The molecule has 2 heterocycles. The average Bonchev–Trinajstić information content (AvgIpc) is 2.94. The molecule has 4 rings (SSSR count). The van der Waals surface area contributed by atoms with E-state index in [2.05, 4.69) is 30.9 Å². The van der Waals surface area contributed by atoms with Crippen LogP contribution in [0.4, 0.5) is 0 Å². The van der Waals surface area contributed by atoms with E-state index in [1.54, 1.807) is 0 Å². The number of carbonyl (C=O) groups excluding carboxylic acids is 2. The fourth-order valence-electron chi connectivity index (χ4n) is 5.79. The van der Waals surface area contributed by atoms with Gasteiger partial charge in [0.1, 0.15) is 6.10 Å². The Morgan fingerprint density at radius 3 is 3.04 bits per heavy atom. The molecule has 0 bridgehead atoms. The van der Waals surface area contributed by atoms with E-state index >= 15 is 0 Å². The van der Waals surface area contributed by atoms with Crippen molar-refractivity contribution in [2.75, 3.05) is 26.2 Å². The van der Waals surface area contributed by atoms with Gasteiger partial charge in [-0.15, -0.1) is 0 Å². The van der Waals surface area contributed by atoms with Crippen molar-refractivity contribution < 1.29 is 19.1 Å². The number of ether oxygens (including phenoxy) is 2. The van der Waals surface area contributed by atoms with Crippen molar-refractivity contribution in [2.45, 2.75) is 59.0 Å². The maximum absolute atomic E-state index is 12.7. The van der Waals surface area contributed by atoms with Crippen LogP contribution in [0.3, 0.4) is 0 Å². The average molecular weight is 388 g/mol. The first-order valence-electron chi connectivity index (χ1n) is 10.9.